The Bertz CT molecular complexity index is 1170. The summed E-state index contributed by atoms with van der Waals surface area (Å²) >= 11 is 0. The Morgan fingerprint density at radius 3 is 2.30 bits per heavy atom. The predicted octanol–water partition coefficient (Wildman–Crippen LogP) is 6.58. The standard InChI is InChI=1S/C32H42F2N2O4/c1-22(15-24-12-13-26(33)18-28(24)34)19-36(21-27-11-8-14-35(27)20-23-9-6-5-7-10-23)32(37)25-16-29(38-2)31(40-4)30(17-25)39-3/h12-13,15-18,23,27H,5-11,14,19-21H2,1-4H3/t27-/m1/s1. The number of methoxy groups -OCH3 is 3. The van der Waals surface area contributed by atoms with Crippen molar-refractivity contribution in [3.05, 3.63) is 58.7 Å². The molecule has 0 spiro atoms. The van der Waals surface area contributed by atoms with Gasteiger partial charge in [0.2, 0.25) is 5.75 Å². The summed E-state index contributed by atoms with van der Waals surface area (Å²) in [6, 6.07) is 7.13. The second-order valence-corrected chi connectivity index (χ2v) is 11.1. The number of benzene rings is 2. The molecule has 0 N–H and O–H groups in total. The fourth-order valence-electron chi connectivity index (χ4n) is 6.14. The fraction of sp³-hybridized carbons (Fsp3) is 0.531. The van der Waals surface area contributed by atoms with Gasteiger partial charge < -0.3 is 19.1 Å². The molecule has 0 bridgehead atoms. The van der Waals surface area contributed by atoms with E-state index in [4.69, 9.17) is 14.2 Å². The number of ether oxygens (including phenoxy) is 3. The van der Waals surface area contributed by atoms with E-state index >= 15 is 0 Å². The monoisotopic (exact) mass is 556 g/mol. The van der Waals surface area contributed by atoms with Gasteiger partial charge in [-0.15, -0.1) is 0 Å². The van der Waals surface area contributed by atoms with Crippen LogP contribution < -0.4 is 14.2 Å². The van der Waals surface area contributed by atoms with E-state index in [9.17, 15) is 13.6 Å². The number of rotatable bonds is 11. The minimum Gasteiger partial charge on any atom is -0.493 e. The van der Waals surface area contributed by atoms with Crippen molar-refractivity contribution in [3.63, 3.8) is 0 Å². The van der Waals surface area contributed by atoms with Crippen LogP contribution in [0.1, 0.15) is 67.8 Å². The molecule has 8 heteroatoms. The molecule has 40 heavy (non-hydrogen) atoms. The van der Waals surface area contributed by atoms with E-state index in [0.29, 0.717) is 41.5 Å². The molecule has 2 aromatic carbocycles. The van der Waals surface area contributed by atoms with Crippen LogP contribution in [-0.2, 0) is 0 Å². The molecule has 1 aliphatic carbocycles. The lowest BCUT2D eigenvalue weighted by Gasteiger charge is -2.34. The molecular weight excluding hydrogens is 514 g/mol. The second-order valence-electron chi connectivity index (χ2n) is 11.1. The first kappa shape index (κ1) is 29.8. The van der Waals surface area contributed by atoms with E-state index in [0.717, 1.165) is 43.5 Å². The fourth-order valence-corrected chi connectivity index (χ4v) is 6.14. The van der Waals surface area contributed by atoms with Crippen LogP contribution in [0.2, 0.25) is 0 Å². The van der Waals surface area contributed by atoms with Gasteiger partial charge in [-0.2, -0.15) is 0 Å². The van der Waals surface area contributed by atoms with Gasteiger partial charge in [0.1, 0.15) is 11.6 Å². The molecule has 6 nitrogen and oxygen atoms in total. The molecular formula is C32H42F2N2O4. The molecule has 1 atom stereocenters. The molecule has 0 radical (unpaired) electrons. The lowest BCUT2D eigenvalue weighted by Crippen LogP contribution is -2.45. The van der Waals surface area contributed by atoms with Crippen LogP contribution in [0.5, 0.6) is 17.2 Å². The average Bonchev–Trinajstić information content (AvgIpc) is 3.39. The maximum atomic E-state index is 14.4. The van der Waals surface area contributed by atoms with Gasteiger partial charge in [0.25, 0.3) is 5.91 Å². The minimum atomic E-state index is -0.628. The Kier molecular flexibility index (Phi) is 10.4. The summed E-state index contributed by atoms with van der Waals surface area (Å²) in [4.78, 5) is 18.5. The Morgan fingerprint density at radius 2 is 1.68 bits per heavy atom. The Labute approximate surface area is 236 Å². The molecule has 1 saturated carbocycles. The topological polar surface area (TPSA) is 51.2 Å². The minimum absolute atomic E-state index is 0.170. The second kappa shape index (κ2) is 14.0. The van der Waals surface area contributed by atoms with Crippen molar-refractivity contribution < 1.29 is 27.8 Å². The number of carbonyl (C=O) groups excluding carboxylic acids is 1. The zero-order chi connectivity index (χ0) is 28.6. The molecule has 218 valence electrons. The number of carbonyl (C=O) groups is 1. The van der Waals surface area contributed by atoms with E-state index in [1.807, 2.05) is 11.8 Å². The first-order valence-corrected chi connectivity index (χ1v) is 14.3. The summed E-state index contributed by atoms with van der Waals surface area (Å²) in [5.74, 6) is 0.538. The number of hydrogen-bond acceptors (Lipinski definition) is 5. The van der Waals surface area contributed by atoms with E-state index in [1.54, 1.807) is 18.2 Å². The molecule has 2 aromatic rings. The highest BCUT2D eigenvalue weighted by atomic mass is 19.1. The number of hydrogen-bond donors (Lipinski definition) is 0. The van der Waals surface area contributed by atoms with E-state index in [-0.39, 0.29) is 11.9 Å². The predicted molar refractivity (Wildman–Crippen MR) is 153 cm³/mol. The lowest BCUT2D eigenvalue weighted by atomic mass is 9.89. The molecule has 0 unspecified atom stereocenters. The zero-order valence-corrected chi connectivity index (χ0v) is 24.2. The highest BCUT2D eigenvalue weighted by Crippen LogP contribution is 2.38. The largest absolute Gasteiger partial charge is 0.493 e. The van der Waals surface area contributed by atoms with Crippen molar-refractivity contribution >= 4 is 12.0 Å². The molecule has 1 saturated heterocycles. The van der Waals surface area contributed by atoms with Gasteiger partial charge in [0.15, 0.2) is 11.5 Å². The number of halogens is 2. The van der Waals surface area contributed by atoms with Crippen LogP contribution in [-0.4, -0.2) is 69.3 Å². The van der Waals surface area contributed by atoms with Crippen molar-refractivity contribution in [1.82, 2.24) is 9.80 Å². The summed E-state index contributed by atoms with van der Waals surface area (Å²) < 4.78 is 44.3. The van der Waals surface area contributed by atoms with Crippen LogP contribution in [0.25, 0.3) is 6.08 Å². The highest BCUT2D eigenvalue weighted by Gasteiger charge is 2.31. The van der Waals surface area contributed by atoms with Gasteiger partial charge in [-0.3, -0.25) is 9.69 Å². The maximum absolute atomic E-state index is 14.4. The van der Waals surface area contributed by atoms with Crippen molar-refractivity contribution in [2.75, 3.05) is 47.5 Å². The van der Waals surface area contributed by atoms with Gasteiger partial charge in [0, 0.05) is 42.9 Å². The van der Waals surface area contributed by atoms with E-state index in [2.05, 4.69) is 4.90 Å². The molecule has 1 aliphatic heterocycles. The Morgan fingerprint density at radius 1 is 0.975 bits per heavy atom. The van der Waals surface area contributed by atoms with Crippen LogP contribution in [0, 0.1) is 17.6 Å². The Balaban J connectivity index is 1.61. The van der Waals surface area contributed by atoms with Crippen LogP contribution >= 0.6 is 0 Å². The van der Waals surface area contributed by atoms with Crippen molar-refractivity contribution in [2.45, 2.75) is 57.9 Å². The number of amides is 1. The van der Waals surface area contributed by atoms with Crippen molar-refractivity contribution in [2.24, 2.45) is 5.92 Å². The molecule has 0 aromatic heterocycles. The first-order valence-electron chi connectivity index (χ1n) is 14.3. The van der Waals surface area contributed by atoms with Gasteiger partial charge in [0.05, 0.1) is 21.3 Å². The molecule has 2 aliphatic rings. The van der Waals surface area contributed by atoms with Crippen molar-refractivity contribution in [1.29, 1.82) is 0 Å². The van der Waals surface area contributed by atoms with E-state index < -0.39 is 11.6 Å². The summed E-state index contributed by atoms with van der Waals surface area (Å²) in [5, 5.41) is 0. The van der Waals surface area contributed by atoms with Gasteiger partial charge >= 0.3 is 0 Å². The Hall–Kier alpha value is -3.13. The normalized spacial score (nSPS) is 18.6. The van der Waals surface area contributed by atoms with Gasteiger partial charge in [-0.1, -0.05) is 30.9 Å². The summed E-state index contributed by atoms with van der Waals surface area (Å²) in [6.07, 6.45) is 10.3. The van der Waals surface area contributed by atoms with Gasteiger partial charge in [-0.05, 0) is 69.3 Å². The first-order chi connectivity index (χ1) is 19.3. The average molecular weight is 557 g/mol. The highest BCUT2D eigenvalue weighted by molar-refractivity contribution is 5.96. The lowest BCUT2D eigenvalue weighted by molar-refractivity contribution is 0.0709. The number of nitrogens with zero attached hydrogens (tertiary/aromatic N) is 2. The molecule has 1 amide bonds. The van der Waals surface area contributed by atoms with Gasteiger partial charge in [-0.25, -0.2) is 8.78 Å². The summed E-state index contributed by atoms with van der Waals surface area (Å²) in [5.41, 5.74) is 1.51. The SMILES string of the molecule is COc1cc(C(=O)N(CC(C)=Cc2ccc(F)cc2F)C[C@H]2CCCN2CC2CCCCC2)cc(OC)c1OC. The summed E-state index contributed by atoms with van der Waals surface area (Å²) in [6.45, 7) is 4.85. The molecule has 2 fully saturated rings. The third kappa shape index (κ3) is 7.33. The smallest absolute Gasteiger partial charge is 0.254 e. The van der Waals surface area contributed by atoms with Crippen LogP contribution in [0.15, 0.2) is 35.9 Å². The summed E-state index contributed by atoms with van der Waals surface area (Å²) in [7, 11) is 4.57. The third-order valence-electron chi connectivity index (χ3n) is 8.15. The maximum Gasteiger partial charge on any atom is 0.254 e. The van der Waals surface area contributed by atoms with Crippen molar-refractivity contribution in [3.8, 4) is 17.2 Å². The molecule has 4 rings (SSSR count). The van der Waals surface area contributed by atoms with Crippen LogP contribution in [0.4, 0.5) is 8.78 Å². The third-order valence-corrected chi connectivity index (χ3v) is 8.15. The molecule has 1 heterocycles. The zero-order valence-electron chi connectivity index (χ0n) is 24.2. The van der Waals surface area contributed by atoms with E-state index in [1.165, 1.54) is 65.6 Å². The number of likely N-dealkylation sites (tertiary alicyclic amines) is 1. The van der Waals surface area contributed by atoms with Crippen LogP contribution in [0.3, 0.4) is 0 Å². The quantitative estimate of drug-likeness (QED) is 0.313.